The van der Waals surface area contributed by atoms with Crippen LogP contribution in [0.2, 0.25) is 10.0 Å². The van der Waals surface area contributed by atoms with Gasteiger partial charge < -0.3 is 4.90 Å². The normalized spacial score (nSPS) is 16.0. The van der Waals surface area contributed by atoms with E-state index >= 15 is 0 Å². The highest BCUT2D eigenvalue weighted by Crippen LogP contribution is 2.39. The highest BCUT2D eigenvalue weighted by atomic mass is 35.5. The molecule has 32 heavy (non-hydrogen) atoms. The van der Waals surface area contributed by atoms with Gasteiger partial charge in [0.15, 0.2) is 0 Å². The van der Waals surface area contributed by atoms with Crippen LogP contribution < -0.4 is 5.43 Å². The molecule has 0 radical (unpaired) electrons. The van der Waals surface area contributed by atoms with Gasteiger partial charge in [0, 0.05) is 22.7 Å². The first kappa shape index (κ1) is 22.4. The fraction of sp³-hybridized carbons (Fsp3) is 0.125. The van der Waals surface area contributed by atoms with E-state index in [0.717, 1.165) is 11.1 Å². The summed E-state index contributed by atoms with van der Waals surface area (Å²) in [5.74, 6) is 0.219. The second kappa shape index (κ2) is 10.2. The number of hydrogen-bond acceptors (Lipinski definition) is 4. The Morgan fingerprint density at radius 2 is 1.84 bits per heavy atom. The van der Waals surface area contributed by atoms with Crippen LogP contribution in [0.25, 0.3) is 0 Å². The van der Waals surface area contributed by atoms with Crippen molar-refractivity contribution in [1.29, 1.82) is 0 Å². The number of hydrogen-bond donors (Lipinski definition) is 1. The van der Waals surface area contributed by atoms with Crippen molar-refractivity contribution in [2.45, 2.75) is 11.9 Å². The molecule has 0 aromatic heterocycles. The molecule has 4 rings (SSSR count). The summed E-state index contributed by atoms with van der Waals surface area (Å²) in [5.41, 5.74) is 5.67. The predicted molar refractivity (Wildman–Crippen MR) is 130 cm³/mol. The average molecular weight is 484 g/mol. The molecule has 1 fully saturated rings. The average Bonchev–Trinajstić information content (AvgIpc) is 3.16. The van der Waals surface area contributed by atoms with Crippen LogP contribution in [0.1, 0.15) is 32.4 Å². The Balaban J connectivity index is 1.41. The highest BCUT2D eigenvalue weighted by Gasteiger charge is 2.32. The van der Waals surface area contributed by atoms with Crippen LogP contribution in [0.3, 0.4) is 0 Å². The molecule has 1 N–H and O–H groups in total. The van der Waals surface area contributed by atoms with Crippen LogP contribution in [-0.2, 0) is 11.3 Å². The Kier molecular flexibility index (Phi) is 7.15. The lowest BCUT2D eigenvalue weighted by Gasteiger charge is -2.24. The number of rotatable bonds is 6. The Morgan fingerprint density at radius 1 is 1.09 bits per heavy atom. The van der Waals surface area contributed by atoms with Gasteiger partial charge in [-0.05, 0) is 35.4 Å². The molecule has 1 atom stereocenters. The minimum absolute atomic E-state index is 0.0788. The van der Waals surface area contributed by atoms with Crippen LogP contribution in [-0.4, -0.2) is 28.7 Å². The second-order valence-corrected chi connectivity index (χ2v) is 9.07. The molecule has 162 valence electrons. The van der Waals surface area contributed by atoms with Crippen LogP contribution in [0.5, 0.6) is 0 Å². The first-order valence-electron chi connectivity index (χ1n) is 9.84. The van der Waals surface area contributed by atoms with Crippen molar-refractivity contribution in [3.8, 4) is 0 Å². The van der Waals surface area contributed by atoms with E-state index in [2.05, 4.69) is 10.5 Å². The lowest BCUT2D eigenvalue weighted by molar-refractivity contribution is -0.128. The van der Waals surface area contributed by atoms with Crippen LogP contribution >= 0.6 is 35.0 Å². The summed E-state index contributed by atoms with van der Waals surface area (Å²) in [7, 11) is 0. The van der Waals surface area contributed by atoms with Crippen LogP contribution in [0.4, 0.5) is 0 Å². The van der Waals surface area contributed by atoms with Crippen LogP contribution in [0.15, 0.2) is 77.9 Å². The van der Waals surface area contributed by atoms with Crippen LogP contribution in [0, 0.1) is 0 Å². The third-order valence-corrected chi connectivity index (χ3v) is 6.77. The number of carbonyl (C=O) groups excluding carboxylic acids is 2. The maximum absolute atomic E-state index is 12.4. The molecule has 0 spiro atoms. The van der Waals surface area contributed by atoms with Gasteiger partial charge in [-0.15, -0.1) is 11.8 Å². The Labute approximate surface area is 200 Å². The van der Waals surface area contributed by atoms with Crippen molar-refractivity contribution in [2.24, 2.45) is 5.10 Å². The van der Waals surface area contributed by atoms with E-state index in [1.165, 1.54) is 6.21 Å². The number of hydrazone groups is 1. The first-order chi connectivity index (χ1) is 15.5. The van der Waals surface area contributed by atoms with Gasteiger partial charge in [0.2, 0.25) is 5.91 Å². The number of thioether (sulfide) groups is 1. The largest absolute Gasteiger partial charge is 0.322 e. The van der Waals surface area contributed by atoms with E-state index in [-0.39, 0.29) is 17.2 Å². The Hall–Kier alpha value is -2.80. The van der Waals surface area contributed by atoms with Gasteiger partial charge in [0.05, 0.1) is 17.0 Å². The summed E-state index contributed by atoms with van der Waals surface area (Å²) in [4.78, 5) is 26.7. The van der Waals surface area contributed by atoms with Crippen molar-refractivity contribution in [3.63, 3.8) is 0 Å². The zero-order valence-electron chi connectivity index (χ0n) is 16.9. The molecule has 5 nitrogen and oxygen atoms in total. The van der Waals surface area contributed by atoms with Gasteiger partial charge >= 0.3 is 0 Å². The van der Waals surface area contributed by atoms with E-state index in [9.17, 15) is 9.59 Å². The maximum Gasteiger partial charge on any atom is 0.271 e. The molecule has 3 aromatic rings. The molecule has 1 unspecified atom stereocenters. The molecule has 1 saturated heterocycles. The topological polar surface area (TPSA) is 61.8 Å². The van der Waals surface area contributed by atoms with E-state index in [4.69, 9.17) is 23.2 Å². The van der Waals surface area contributed by atoms with Gasteiger partial charge in [-0.3, -0.25) is 9.59 Å². The van der Waals surface area contributed by atoms with Gasteiger partial charge in [0.1, 0.15) is 5.37 Å². The lowest BCUT2D eigenvalue weighted by Crippen LogP contribution is -2.27. The smallest absolute Gasteiger partial charge is 0.271 e. The summed E-state index contributed by atoms with van der Waals surface area (Å²) < 4.78 is 0. The van der Waals surface area contributed by atoms with Gasteiger partial charge in [0.25, 0.3) is 5.91 Å². The highest BCUT2D eigenvalue weighted by molar-refractivity contribution is 8.00. The number of nitrogens with zero attached hydrogens (tertiary/aromatic N) is 2. The number of halogens is 2. The summed E-state index contributed by atoms with van der Waals surface area (Å²) in [6.07, 6.45) is 1.47. The molecule has 0 saturated carbocycles. The van der Waals surface area contributed by atoms with Crippen molar-refractivity contribution in [2.75, 3.05) is 5.75 Å². The van der Waals surface area contributed by atoms with E-state index < -0.39 is 0 Å². The monoisotopic (exact) mass is 483 g/mol. The zero-order chi connectivity index (χ0) is 22.5. The number of benzene rings is 3. The number of carbonyl (C=O) groups is 2. The molecule has 8 heteroatoms. The fourth-order valence-electron chi connectivity index (χ4n) is 3.31. The molecular formula is C24H19Cl2N3O2S. The Bertz CT molecular complexity index is 1150. The summed E-state index contributed by atoms with van der Waals surface area (Å²) in [6, 6.07) is 22.2. The number of nitrogens with one attached hydrogen (secondary N) is 1. The van der Waals surface area contributed by atoms with Crippen molar-refractivity contribution in [1.82, 2.24) is 10.3 Å². The van der Waals surface area contributed by atoms with Crippen molar-refractivity contribution < 1.29 is 9.59 Å². The van der Waals surface area contributed by atoms with E-state index in [1.54, 1.807) is 42.1 Å². The molecular weight excluding hydrogens is 465 g/mol. The summed E-state index contributed by atoms with van der Waals surface area (Å²) in [6.45, 7) is 0.557. The molecule has 2 amide bonds. The summed E-state index contributed by atoms with van der Waals surface area (Å²) in [5, 5.41) is 4.87. The second-order valence-electron chi connectivity index (χ2n) is 7.16. The van der Waals surface area contributed by atoms with Crippen molar-refractivity contribution >= 4 is 53.0 Å². The SMILES string of the molecule is O=C(N/N=C/c1ccc(Cl)cc1Cl)c1ccc(C2SCC(=O)N2Cc2ccccc2)cc1. The first-order valence-corrected chi connectivity index (χ1v) is 11.6. The molecule has 0 aliphatic carbocycles. The molecule has 0 bridgehead atoms. The third kappa shape index (κ3) is 5.33. The standard InChI is InChI=1S/C24H19Cl2N3O2S/c25-20-11-10-19(21(26)12-20)13-27-28-23(31)17-6-8-18(9-7-17)24-29(22(30)15-32-24)14-16-4-2-1-3-5-16/h1-13,24H,14-15H2,(H,28,31)/b27-13+. The molecule has 3 aromatic carbocycles. The lowest BCUT2D eigenvalue weighted by atomic mass is 10.1. The third-order valence-electron chi connectivity index (χ3n) is 4.95. The Morgan fingerprint density at radius 3 is 2.56 bits per heavy atom. The molecule has 1 aliphatic rings. The predicted octanol–water partition coefficient (Wildman–Crippen LogP) is 5.53. The summed E-state index contributed by atoms with van der Waals surface area (Å²) >= 11 is 13.6. The van der Waals surface area contributed by atoms with Gasteiger partial charge in [-0.1, -0.05) is 71.7 Å². The van der Waals surface area contributed by atoms with E-state index in [0.29, 0.717) is 33.5 Å². The van der Waals surface area contributed by atoms with Gasteiger partial charge in [-0.2, -0.15) is 5.10 Å². The van der Waals surface area contributed by atoms with Crippen molar-refractivity contribution in [3.05, 3.63) is 105 Å². The minimum Gasteiger partial charge on any atom is -0.322 e. The molecule has 1 heterocycles. The number of amides is 2. The minimum atomic E-state index is -0.339. The maximum atomic E-state index is 12.4. The fourth-order valence-corrected chi connectivity index (χ4v) is 4.96. The quantitative estimate of drug-likeness (QED) is 0.370. The van der Waals surface area contributed by atoms with E-state index in [1.807, 2.05) is 47.4 Å². The molecule has 1 aliphatic heterocycles. The van der Waals surface area contributed by atoms with Gasteiger partial charge in [-0.25, -0.2) is 5.43 Å². The zero-order valence-corrected chi connectivity index (χ0v) is 19.2.